The van der Waals surface area contributed by atoms with Crippen molar-refractivity contribution in [3.63, 3.8) is 0 Å². The number of Topliss-reactive ketones (excluding diaryl/α,β-unsaturated/α-hetero) is 1. The second-order valence-electron chi connectivity index (χ2n) is 11.2. The maximum absolute atomic E-state index is 13.6. The van der Waals surface area contributed by atoms with Crippen molar-refractivity contribution in [2.24, 2.45) is 46.3 Å². The average Bonchev–Trinajstić information content (AvgIpc) is 3.01. The highest BCUT2D eigenvalue weighted by Crippen LogP contribution is 2.67. The molecule has 3 N–H and O–H groups in total. The number of ketones is 1. The molecular formula is C24H38O5. The van der Waals surface area contributed by atoms with Gasteiger partial charge in [0.1, 0.15) is 5.78 Å². The molecule has 4 saturated carbocycles. The quantitative estimate of drug-likeness (QED) is 0.662. The molecule has 5 heteroatoms. The average molecular weight is 407 g/mol. The maximum atomic E-state index is 13.6. The zero-order valence-corrected chi connectivity index (χ0v) is 18.1. The van der Waals surface area contributed by atoms with Gasteiger partial charge in [-0.15, -0.1) is 0 Å². The first-order chi connectivity index (χ1) is 13.6. The van der Waals surface area contributed by atoms with Gasteiger partial charge in [-0.3, -0.25) is 9.59 Å². The number of fused-ring (bicyclic) bond motifs is 5. The first kappa shape index (κ1) is 21.3. The summed E-state index contributed by atoms with van der Waals surface area (Å²) >= 11 is 0. The molecule has 0 aromatic heterocycles. The van der Waals surface area contributed by atoms with Crippen LogP contribution < -0.4 is 0 Å². The molecular weight excluding hydrogens is 368 g/mol. The largest absolute Gasteiger partial charge is 0.481 e. The van der Waals surface area contributed by atoms with Crippen molar-refractivity contribution < 1.29 is 24.9 Å². The minimum absolute atomic E-state index is 0.0348. The van der Waals surface area contributed by atoms with Gasteiger partial charge in [-0.2, -0.15) is 0 Å². The second-order valence-corrected chi connectivity index (χ2v) is 11.2. The van der Waals surface area contributed by atoms with Crippen LogP contribution >= 0.6 is 0 Å². The van der Waals surface area contributed by atoms with Gasteiger partial charge in [0.05, 0.1) is 12.2 Å². The summed E-state index contributed by atoms with van der Waals surface area (Å²) in [6.45, 7) is 6.54. The van der Waals surface area contributed by atoms with Crippen molar-refractivity contribution in [3.05, 3.63) is 0 Å². The van der Waals surface area contributed by atoms with Gasteiger partial charge in [-0.1, -0.05) is 20.8 Å². The molecule has 4 aliphatic rings. The van der Waals surface area contributed by atoms with E-state index in [0.29, 0.717) is 24.5 Å². The third-order valence-electron chi connectivity index (χ3n) is 10.1. The number of carbonyl (C=O) groups is 2. The molecule has 4 aliphatic carbocycles. The van der Waals surface area contributed by atoms with Crippen LogP contribution in [0.25, 0.3) is 0 Å². The van der Waals surface area contributed by atoms with E-state index in [-0.39, 0.29) is 47.5 Å². The lowest BCUT2D eigenvalue weighted by Gasteiger charge is -2.61. The molecule has 5 nitrogen and oxygen atoms in total. The van der Waals surface area contributed by atoms with E-state index in [0.717, 1.165) is 38.5 Å². The Hall–Kier alpha value is -0.940. The lowest BCUT2D eigenvalue weighted by atomic mass is 9.43. The number of hydrogen-bond acceptors (Lipinski definition) is 4. The number of rotatable bonds is 4. The third-order valence-corrected chi connectivity index (χ3v) is 10.1. The smallest absolute Gasteiger partial charge is 0.303 e. The van der Waals surface area contributed by atoms with Gasteiger partial charge < -0.3 is 15.3 Å². The fraction of sp³-hybridized carbons (Fsp3) is 0.917. The van der Waals surface area contributed by atoms with Gasteiger partial charge in [0, 0.05) is 18.3 Å². The molecule has 4 fully saturated rings. The number of carbonyl (C=O) groups excluding carboxylic acids is 1. The lowest BCUT2D eigenvalue weighted by molar-refractivity contribution is -0.181. The van der Waals surface area contributed by atoms with E-state index in [1.807, 2.05) is 0 Å². The number of carboxylic acids is 1. The molecule has 4 rings (SSSR count). The van der Waals surface area contributed by atoms with Gasteiger partial charge in [-0.05, 0) is 85.9 Å². The molecule has 0 unspecified atom stereocenters. The normalized spacial score (nSPS) is 50.4. The molecule has 0 saturated heterocycles. The van der Waals surface area contributed by atoms with Crippen LogP contribution in [-0.2, 0) is 9.59 Å². The Morgan fingerprint density at radius 3 is 2.55 bits per heavy atom. The summed E-state index contributed by atoms with van der Waals surface area (Å²) < 4.78 is 0. The number of aliphatic carboxylic acids is 1. The summed E-state index contributed by atoms with van der Waals surface area (Å²) in [5.41, 5.74) is -0.398. The van der Waals surface area contributed by atoms with Gasteiger partial charge in [-0.25, -0.2) is 0 Å². The van der Waals surface area contributed by atoms with E-state index in [2.05, 4.69) is 20.8 Å². The summed E-state index contributed by atoms with van der Waals surface area (Å²) in [6, 6.07) is 0. The molecule has 10 atom stereocenters. The summed E-state index contributed by atoms with van der Waals surface area (Å²) in [6.07, 6.45) is 5.82. The minimum Gasteiger partial charge on any atom is -0.481 e. The molecule has 0 aromatic rings. The highest BCUT2D eigenvalue weighted by Gasteiger charge is 2.65. The predicted molar refractivity (Wildman–Crippen MR) is 109 cm³/mol. The van der Waals surface area contributed by atoms with Gasteiger partial charge in [0.25, 0.3) is 0 Å². The van der Waals surface area contributed by atoms with E-state index < -0.39 is 17.5 Å². The molecule has 0 amide bonds. The van der Waals surface area contributed by atoms with E-state index in [4.69, 9.17) is 5.11 Å². The van der Waals surface area contributed by atoms with Crippen molar-refractivity contribution >= 4 is 11.8 Å². The highest BCUT2D eigenvalue weighted by atomic mass is 16.4. The van der Waals surface area contributed by atoms with Gasteiger partial charge in [0.2, 0.25) is 0 Å². The van der Waals surface area contributed by atoms with Gasteiger partial charge >= 0.3 is 5.97 Å². The van der Waals surface area contributed by atoms with Crippen LogP contribution in [0.5, 0.6) is 0 Å². The number of aliphatic hydroxyl groups excluding tert-OH is 2. The molecule has 0 aromatic carbocycles. The third kappa shape index (κ3) is 3.18. The van der Waals surface area contributed by atoms with E-state index >= 15 is 0 Å². The molecule has 164 valence electrons. The van der Waals surface area contributed by atoms with Crippen LogP contribution in [0.1, 0.15) is 78.6 Å². The maximum Gasteiger partial charge on any atom is 0.303 e. The lowest BCUT2D eigenvalue weighted by Crippen LogP contribution is -2.61. The summed E-state index contributed by atoms with van der Waals surface area (Å²) in [7, 11) is 0. The molecule has 0 radical (unpaired) electrons. The standard InChI is InChI=1S/C24H38O5/c1-13(4-7-21(28)29)16-5-6-17-22-18(12-20(27)24(16,17)3)23(2)9-8-15(25)10-14(23)11-19(22)26/h13-19,22,25-26H,4-12H2,1-3H3,(H,28,29)/t13-,14-,15-,16-,17+,18+,19+,22+,23+,24-/m1/s1. The zero-order valence-electron chi connectivity index (χ0n) is 18.1. The fourth-order valence-electron chi connectivity index (χ4n) is 8.41. The summed E-state index contributed by atoms with van der Waals surface area (Å²) in [4.78, 5) is 24.7. The van der Waals surface area contributed by atoms with Crippen LogP contribution in [0, 0.1) is 46.3 Å². The minimum atomic E-state index is -0.771. The van der Waals surface area contributed by atoms with Crippen molar-refractivity contribution in [2.75, 3.05) is 0 Å². The molecule has 29 heavy (non-hydrogen) atoms. The SMILES string of the molecule is C[C@H](CCC(=O)O)[C@H]1CC[C@H]2[C@@H]3[C@@H](O)C[C@H]4C[C@H](O)CC[C@]4(C)[C@H]3CC(=O)[C@]12C. The predicted octanol–water partition coefficient (Wildman–Crippen LogP) is 3.66. The van der Waals surface area contributed by atoms with Crippen molar-refractivity contribution in [2.45, 2.75) is 90.8 Å². The Balaban J connectivity index is 1.62. The number of carboxylic acid groups (broad SMARTS) is 1. The molecule has 0 spiro atoms. The van der Waals surface area contributed by atoms with E-state index in [1.165, 1.54) is 0 Å². The highest BCUT2D eigenvalue weighted by molar-refractivity contribution is 5.87. The van der Waals surface area contributed by atoms with Gasteiger partial charge in [0.15, 0.2) is 0 Å². The first-order valence-electron chi connectivity index (χ1n) is 11.7. The molecule has 0 heterocycles. The van der Waals surface area contributed by atoms with Crippen LogP contribution in [0.2, 0.25) is 0 Å². The summed E-state index contributed by atoms with van der Waals surface area (Å²) in [5.74, 6) is 0.855. The first-order valence-corrected chi connectivity index (χ1v) is 11.7. The van der Waals surface area contributed by atoms with E-state index in [1.54, 1.807) is 0 Å². The Bertz CT molecular complexity index is 676. The monoisotopic (exact) mass is 406 g/mol. The fourth-order valence-corrected chi connectivity index (χ4v) is 8.41. The number of aliphatic hydroxyl groups is 2. The Kier molecular flexibility index (Phi) is 5.39. The van der Waals surface area contributed by atoms with Crippen LogP contribution in [0.15, 0.2) is 0 Å². The Labute approximate surface area is 174 Å². The molecule has 0 bridgehead atoms. The Morgan fingerprint density at radius 1 is 1.14 bits per heavy atom. The topological polar surface area (TPSA) is 94.8 Å². The van der Waals surface area contributed by atoms with Crippen LogP contribution in [-0.4, -0.2) is 39.3 Å². The molecule has 0 aliphatic heterocycles. The van der Waals surface area contributed by atoms with E-state index in [9.17, 15) is 19.8 Å². The zero-order chi connectivity index (χ0) is 21.1. The Morgan fingerprint density at radius 2 is 1.86 bits per heavy atom. The second kappa shape index (κ2) is 7.33. The summed E-state index contributed by atoms with van der Waals surface area (Å²) in [5, 5.41) is 30.5. The van der Waals surface area contributed by atoms with Crippen molar-refractivity contribution in [1.29, 1.82) is 0 Å². The number of hydrogen-bond donors (Lipinski definition) is 3. The van der Waals surface area contributed by atoms with Crippen molar-refractivity contribution in [3.8, 4) is 0 Å². The van der Waals surface area contributed by atoms with Crippen LogP contribution in [0.3, 0.4) is 0 Å². The van der Waals surface area contributed by atoms with Crippen LogP contribution in [0.4, 0.5) is 0 Å². The van der Waals surface area contributed by atoms with Crippen molar-refractivity contribution in [1.82, 2.24) is 0 Å².